The van der Waals surface area contributed by atoms with Crippen LogP contribution in [0, 0.1) is 5.92 Å². The molecule has 1 heterocycles. The Morgan fingerprint density at radius 3 is 2.73 bits per heavy atom. The maximum atomic E-state index is 11.2. The summed E-state index contributed by atoms with van der Waals surface area (Å²) in [4.78, 5) is 11.2. The Morgan fingerprint density at radius 1 is 1.33 bits per heavy atom. The average molecular weight is 210 g/mol. The van der Waals surface area contributed by atoms with Gasteiger partial charge in [-0.2, -0.15) is 0 Å². The number of carbonyl (C=O) groups is 1. The van der Waals surface area contributed by atoms with Crippen molar-refractivity contribution in [2.45, 2.75) is 52.4 Å². The van der Waals surface area contributed by atoms with Gasteiger partial charge in [0.25, 0.3) is 0 Å². The molecule has 0 fully saturated rings. The van der Waals surface area contributed by atoms with Gasteiger partial charge in [-0.3, -0.25) is 0 Å². The molecule has 1 rings (SSSR count). The Hall–Kier alpha value is -0.790. The number of esters is 1. The number of ether oxygens (including phenoxy) is 1. The van der Waals surface area contributed by atoms with Gasteiger partial charge in [-0.05, 0) is 19.3 Å². The Labute approximate surface area is 92.7 Å². The van der Waals surface area contributed by atoms with Crippen molar-refractivity contribution in [1.29, 1.82) is 0 Å². The largest absolute Gasteiger partial charge is 0.462 e. The Morgan fingerprint density at radius 2 is 2.07 bits per heavy atom. The highest BCUT2D eigenvalue weighted by molar-refractivity contribution is 5.83. The molecule has 86 valence electrons. The van der Waals surface area contributed by atoms with Crippen molar-refractivity contribution in [2.75, 3.05) is 6.61 Å². The van der Waals surface area contributed by atoms with Crippen LogP contribution in [0.3, 0.4) is 0 Å². The normalized spacial score (nSPS) is 21.1. The first-order valence-electron chi connectivity index (χ1n) is 6.15. The van der Waals surface area contributed by atoms with E-state index in [2.05, 4.69) is 13.8 Å². The van der Waals surface area contributed by atoms with E-state index in [0.717, 1.165) is 6.42 Å². The number of rotatable bonds is 6. The summed E-state index contributed by atoms with van der Waals surface area (Å²) in [5, 5.41) is 0. The number of cyclic esters (lactones) is 1. The Balaban J connectivity index is 2.52. The minimum Gasteiger partial charge on any atom is -0.462 e. The van der Waals surface area contributed by atoms with E-state index in [4.69, 9.17) is 4.74 Å². The lowest BCUT2D eigenvalue weighted by Crippen LogP contribution is -2.21. The van der Waals surface area contributed by atoms with Crippen LogP contribution in [0.4, 0.5) is 0 Å². The van der Waals surface area contributed by atoms with Gasteiger partial charge < -0.3 is 4.74 Å². The van der Waals surface area contributed by atoms with Crippen molar-refractivity contribution >= 4 is 5.97 Å². The van der Waals surface area contributed by atoms with Gasteiger partial charge in [-0.15, -0.1) is 0 Å². The van der Waals surface area contributed by atoms with Crippen LogP contribution in [0.5, 0.6) is 0 Å². The average Bonchev–Trinajstić information content (AvgIpc) is 2.25. The first-order chi connectivity index (χ1) is 7.27. The minimum atomic E-state index is -0.145. The van der Waals surface area contributed by atoms with Gasteiger partial charge in [0.1, 0.15) is 0 Å². The predicted molar refractivity (Wildman–Crippen MR) is 61.6 cm³/mol. The molecule has 1 aliphatic heterocycles. The fourth-order valence-electron chi connectivity index (χ4n) is 1.98. The van der Waals surface area contributed by atoms with Crippen molar-refractivity contribution in [3.8, 4) is 0 Å². The molecule has 1 aliphatic rings. The van der Waals surface area contributed by atoms with Crippen LogP contribution in [-0.2, 0) is 9.53 Å². The zero-order valence-electron chi connectivity index (χ0n) is 9.92. The van der Waals surface area contributed by atoms with Crippen molar-refractivity contribution in [1.82, 2.24) is 0 Å². The number of hydrogen-bond donors (Lipinski definition) is 0. The summed E-state index contributed by atoms with van der Waals surface area (Å²) in [7, 11) is 0. The second kappa shape index (κ2) is 6.65. The molecule has 15 heavy (non-hydrogen) atoms. The molecule has 0 aliphatic carbocycles. The Kier molecular flexibility index (Phi) is 5.44. The van der Waals surface area contributed by atoms with Gasteiger partial charge in [-0.1, -0.05) is 38.7 Å². The van der Waals surface area contributed by atoms with E-state index in [0.29, 0.717) is 12.5 Å². The van der Waals surface area contributed by atoms with E-state index in [1.807, 2.05) is 0 Å². The molecule has 0 spiro atoms. The third-order valence-corrected chi connectivity index (χ3v) is 2.98. The summed E-state index contributed by atoms with van der Waals surface area (Å²) >= 11 is 0. The van der Waals surface area contributed by atoms with Crippen molar-refractivity contribution in [3.05, 3.63) is 11.6 Å². The quantitative estimate of drug-likeness (QED) is 0.627. The monoisotopic (exact) mass is 210 g/mol. The molecule has 2 nitrogen and oxygen atoms in total. The van der Waals surface area contributed by atoms with Crippen LogP contribution in [-0.4, -0.2) is 12.6 Å². The SMILES string of the molecule is CCCCC1=CC(=O)OCC1CCCC. The number of carbonyl (C=O) groups excluding carboxylic acids is 1. The van der Waals surface area contributed by atoms with Crippen LogP contribution in [0.1, 0.15) is 52.4 Å². The van der Waals surface area contributed by atoms with Gasteiger partial charge in [0.15, 0.2) is 0 Å². The number of hydrogen-bond acceptors (Lipinski definition) is 2. The molecule has 0 N–H and O–H groups in total. The van der Waals surface area contributed by atoms with E-state index in [1.54, 1.807) is 6.08 Å². The Bertz CT molecular complexity index is 231. The molecule has 0 aromatic heterocycles. The maximum Gasteiger partial charge on any atom is 0.330 e. The van der Waals surface area contributed by atoms with E-state index in [1.165, 1.54) is 37.7 Å². The fourth-order valence-corrected chi connectivity index (χ4v) is 1.98. The second-order valence-electron chi connectivity index (χ2n) is 4.29. The molecule has 0 aromatic rings. The molecular formula is C13H22O2. The topological polar surface area (TPSA) is 26.3 Å². The lowest BCUT2D eigenvalue weighted by Gasteiger charge is -2.23. The smallest absolute Gasteiger partial charge is 0.330 e. The van der Waals surface area contributed by atoms with Crippen LogP contribution < -0.4 is 0 Å². The van der Waals surface area contributed by atoms with Gasteiger partial charge >= 0.3 is 5.97 Å². The fraction of sp³-hybridized carbons (Fsp3) is 0.769. The molecule has 1 unspecified atom stereocenters. The summed E-state index contributed by atoms with van der Waals surface area (Å²) in [5.74, 6) is 0.350. The van der Waals surface area contributed by atoms with Crippen LogP contribution >= 0.6 is 0 Å². The van der Waals surface area contributed by atoms with Crippen molar-refractivity contribution in [2.24, 2.45) is 5.92 Å². The van der Waals surface area contributed by atoms with Gasteiger partial charge in [0, 0.05) is 12.0 Å². The molecular weight excluding hydrogens is 188 g/mol. The highest BCUT2D eigenvalue weighted by Gasteiger charge is 2.21. The number of unbranched alkanes of at least 4 members (excludes halogenated alkanes) is 2. The van der Waals surface area contributed by atoms with Crippen molar-refractivity contribution in [3.63, 3.8) is 0 Å². The summed E-state index contributed by atoms with van der Waals surface area (Å²) in [6.07, 6.45) is 8.77. The zero-order valence-corrected chi connectivity index (χ0v) is 9.92. The van der Waals surface area contributed by atoms with E-state index in [9.17, 15) is 4.79 Å². The van der Waals surface area contributed by atoms with Crippen LogP contribution in [0.25, 0.3) is 0 Å². The van der Waals surface area contributed by atoms with Gasteiger partial charge in [-0.25, -0.2) is 4.79 Å². The minimum absolute atomic E-state index is 0.145. The summed E-state index contributed by atoms with van der Waals surface area (Å²) in [5.41, 5.74) is 1.32. The van der Waals surface area contributed by atoms with Gasteiger partial charge in [0.2, 0.25) is 0 Å². The molecule has 0 amide bonds. The highest BCUT2D eigenvalue weighted by Crippen LogP contribution is 2.26. The second-order valence-corrected chi connectivity index (χ2v) is 4.29. The lowest BCUT2D eigenvalue weighted by atomic mass is 9.89. The molecule has 0 saturated heterocycles. The van der Waals surface area contributed by atoms with E-state index in [-0.39, 0.29) is 5.97 Å². The standard InChI is InChI=1S/C13H22O2/c1-3-5-7-11-9-13(14)15-10-12(11)8-6-4-2/h9,12H,3-8,10H2,1-2H3. The lowest BCUT2D eigenvalue weighted by molar-refractivity contribution is -0.140. The third kappa shape index (κ3) is 4.06. The maximum absolute atomic E-state index is 11.2. The summed E-state index contributed by atoms with van der Waals surface area (Å²) < 4.78 is 5.08. The third-order valence-electron chi connectivity index (χ3n) is 2.98. The first kappa shape index (κ1) is 12.3. The molecule has 2 heteroatoms. The molecule has 0 aromatic carbocycles. The van der Waals surface area contributed by atoms with E-state index >= 15 is 0 Å². The summed E-state index contributed by atoms with van der Waals surface area (Å²) in [6.45, 7) is 4.99. The van der Waals surface area contributed by atoms with E-state index < -0.39 is 0 Å². The zero-order chi connectivity index (χ0) is 11.1. The first-order valence-corrected chi connectivity index (χ1v) is 6.15. The molecule has 1 atom stereocenters. The van der Waals surface area contributed by atoms with Crippen LogP contribution in [0.2, 0.25) is 0 Å². The van der Waals surface area contributed by atoms with Crippen molar-refractivity contribution < 1.29 is 9.53 Å². The van der Waals surface area contributed by atoms with Crippen LogP contribution in [0.15, 0.2) is 11.6 Å². The summed E-state index contributed by atoms with van der Waals surface area (Å²) in [6, 6.07) is 0. The molecule has 0 saturated carbocycles. The molecule has 0 radical (unpaired) electrons. The van der Waals surface area contributed by atoms with Gasteiger partial charge in [0.05, 0.1) is 6.61 Å². The predicted octanol–water partition coefficient (Wildman–Crippen LogP) is 3.47. The highest BCUT2D eigenvalue weighted by atomic mass is 16.5. The molecule has 0 bridgehead atoms.